The number of aliphatic hydroxyl groups is 1. The summed E-state index contributed by atoms with van der Waals surface area (Å²) in [5.74, 6) is -0.408. The molecule has 3 atom stereocenters. The summed E-state index contributed by atoms with van der Waals surface area (Å²) in [6.45, 7) is 0. The molecule has 3 heterocycles. The number of nitriles is 1. The number of pyridine rings is 1. The SMILES string of the molecule is CN(C)C1CCC(N(c2ccncc2C(N)=O)[C@H]2CC(c3ccc4cc(C#N)cnn34)C[C@@H](O)C2)CC1. The van der Waals surface area contributed by atoms with Crippen molar-refractivity contribution in [2.75, 3.05) is 19.0 Å². The number of amides is 1. The van der Waals surface area contributed by atoms with Gasteiger partial charge in [-0.2, -0.15) is 10.4 Å². The highest BCUT2D eigenvalue weighted by molar-refractivity contribution is 5.98. The van der Waals surface area contributed by atoms with E-state index in [4.69, 9.17) is 5.73 Å². The molecule has 3 N–H and O–H groups in total. The smallest absolute Gasteiger partial charge is 0.252 e. The van der Waals surface area contributed by atoms with Gasteiger partial charge in [0.2, 0.25) is 0 Å². The molecule has 0 bridgehead atoms. The average Bonchev–Trinajstić information content (AvgIpc) is 3.32. The van der Waals surface area contributed by atoms with Crippen molar-refractivity contribution in [1.82, 2.24) is 19.5 Å². The van der Waals surface area contributed by atoms with E-state index in [1.165, 1.54) is 0 Å². The summed E-state index contributed by atoms with van der Waals surface area (Å²) < 4.78 is 1.88. The zero-order valence-corrected chi connectivity index (χ0v) is 21.5. The Morgan fingerprint density at radius 1 is 1.08 bits per heavy atom. The van der Waals surface area contributed by atoms with E-state index in [-0.39, 0.29) is 18.0 Å². The Balaban J connectivity index is 1.50. The van der Waals surface area contributed by atoms with E-state index in [1.54, 1.807) is 18.6 Å². The van der Waals surface area contributed by atoms with E-state index in [0.717, 1.165) is 49.0 Å². The second-order valence-corrected chi connectivity index (χ2v) is 10.8. The molecule has 0 aromatic carbocycles. The number of hydrogen-bond donors (Lipinski definition) is 2. The number of hydrogen-bond acceptors (Lipinski definition) is 7. The van der Waals surface area contributed by atoms with Crippen LogP contribution < -0.4 is 10.6 Å². The quantitative estimate of drug-likeness (QED) is 0.532. The van der Waals surface area contributed by atoms with Gasteiger partial charge in [-0.1, -0.05) is 0 Å². The molecular formula is C28H35N7O2. The fourth-order valence-corrected chi connectivity index (χ4v) is 6.46. The van der Waals surface area contributed by atoms with Crippen molar-refractivity contribution in [3.05, 3.63) is 59.7 Å². The van der Waals surface area contributed by atoms with E-state index in [2.05, 4.69) is 46.1 Å². The topological polar surface area (TPSA) is 124 Å². The molecule has 5 rings (SSSR count). The number of aromatic nitrogens is 3. The van der Waals surface area contributed by atoms with Gasteiger partial charge in [-0.15, -0.1) is 0 Å². The molecule has 9 heteroatoms. The molecule has 2 aliphatic rings. The van der Waals surface area contributed by atoms with E-state index in [9.17, 15) is 15.2 Å². The van der Waals surface area contributed by atoms with Gasteiger partial charge in [0, 0.05) is 42.1 Å². The van der Waals surface area contributed by atoms with Crippen LogP contribution in [0.25, 0.3) is 5.52 Å². The summed E-state index contributed by atoms with van der Waals surface area (Å²) in [4.78, 5) is 21.3. The van der Waals surface area contributed by atoms with Crippen LogP contribution in [0.3, 0.4) is 0 Å². The normalized spacial score (nSPS) is 26.2. The predicted molar refractivity (Wildman–Crippen MR) is 141 cm³/mol. The van der Waals surface area contributed by atoms with Gasteiger partial charge in [0.1, 0.15) is 6.07 Å². The molecule has 0 aliphatic heterocycles. The number of fused-ring (bicyclic) bond motifs is 1. The zero-order chi connectivity index (χ0) is 26.1. The molecule has 0 spiro atoms. The first-order valence-electron chi connectivity index (χ1n) is 13.1. The molecule has 2 fully saturated rings. The fraction of sp³-hybridized carbons (Fsp3) is 0.500. The van der Waals surface area contributed by atoms with Crippen molar-refractivity contribution in [2.24, 2.45) is 5.73 Å². The summed E-state index contributed by atoms with van der Waals surface area (Å²) in [6, 6.07) is 10.7. The van der Waals surface area contributed by atoms with Gasteiger partial charge in [0.15, 0.2) is 0 Å². The molecule has 9 nitrogen and oxygen atoms in total. The Bertz CT molecular complexity index is 1310. The van der Waals surface area contributed by atoms with Crippen LogP contribution in [0.5, 0.6) is 0 Å². The van der Waals surface area contributed by atoms with Crippen molar-refractivity contribution in [1.29, 1.82) is 5.26 Å². The van der Waals surface area contributed by atoms with E-state index < -0.39 is 12.0 Å². The molecule has 1 unspecified atom stereocenters. The third-order valence-electron chi connectivity index (χ3n) is 8.26. The molecule has 3 aromatic heterocycles. The lowest BCUT2D eigenvalue weighted by Crippen LogP contribution is -2.51. The fourth-order valence-electron chi connectivity index (χ4n) is 6.46. The van der Waals surface area contributed by atoms with Gasteiger partial charge in [-0.05, 0) is 83.3 Å². The van der Waals surface area contributed by atoms with E-state index >= 15 is 0 Å². The van der Waals surface area contributed by atoms with Gasteiger partial charge >= 0.3 is 0 Å². The maximum Gasteiger partial charge on any atom is 0.252 e. The number of nitrogens with zero attached hydrogens (tertiary/aromatic N) is 6. The highest BCUT2D eigenvalue weighted by Gasteiger charge is 2.38. The first kappa shape index (κ1) is 25.2. The number of rotatable bonds is 6. The second-order valence-electron chi connectivity index (χ2n) is 10.8. The van der Waals surface area contributed by atoms with Crippen LogP contribution >= 0.6 is 0 Å². The molecule has 0 saturated heterocycles. The van der Waals surface area contributed by atoms with Crippen LogP contribution in [-0.4, -0.2) is 68.8 Å². The van der Waals surface area contributed by atoms with Crippen LogP contribution in [0.2, 0.25) is 0 Å². The van der Waals surface area contributed by atoms with E-state index in [0.29, 0.717) is 30.0 Å². The Labute approximate surface area is 217 Å². The standard InChI is InChI=1S/C28H35N7O2/c1-33(2)20-3-5-21(6-4-20)34(27-9-10-31-17-25(27)28(30)37)23-12-19(13-24(36)14-23)26-8-7-22-11-18(15-29)16-32-35(22)26/h7-11,16-17,19-21,23-24,36H,3-6,12-14H2,1-2H3,(H2,30,37)/t19?,20?,21?,23-,24+/m0/s1. The van der Waals surface area contributed by atoms with Crippen LogP contribution in [0.4, 0.5) is 5.69 Å². The lowest BCUT2D eigenvalue weighted by molar-refractivity contribution is 0.0993. The van der Waals surface area contributed by atoms with Crippen LogP contribution in [0, 0.1) is 11.3 Å². The first-order valence-corrected chi connectivity index (χ1v) is 13.1. The maximum atomic E-state index is 12.4. The second kappa shape index (κ2) is 10.5. The average molecular weight is 502 g/mol. The number of nitrogens with two attached hydrogens (primary N) is 1. The monoisotopic (exact) mass is 501 g/mol. The summed E-state index contributed by atoms with van der Waals surface area (Å²) >= 11 is 0. The first-order chi connectivity index (χ1) is 17.9. The number of aliphatic hydroxyl groups excluding tert-OH is 1. The highest BCUT2D eigenvalue weighted by atomic mass is 16.3. The van der Waals surface area contributed by atoms with E-state index in [1.807, 2.05) is 22.7 Å². The van der Waals surface area contributed by atoms with Crippen LogP contribution in [0.15, 0.2) is 42.9 Å². The molecular weight excluding hydrogens is 466 g/mol. The molecule has 1 amide bonds. The molecule has 0 radical (unpaired) electrons. The van der Waals surface area contributed by atoms with Crippen molar-refractivity contribution >= 4 is 17.1 Å². The lowest BCUT2D eigenvalue weighted by Gasteiger charge is -2.47. The largest absolute Gasteiger partial charge is 0.393 e. The minimum absolute atomic E-state index is 0.0269. The Kier molecular flexibility index (Phi) is 7.13. The number of primary amides is 1. The molecule has 2 saturated carbocycles. The van der Waals surface area contributed by atoms with Crippen molar-refractivity contribution < 1.29 is 9.90 Å². The van der Waals surface area contributed by atoms with Gasteiger partial charge < -0.3 is 20.6 Å². The molecule has 3 aromatic rings. The minimum atomic E-state index is -0.488. The third kappa shape index (κ3) is 5.04. The van der Waals surface area contributed by atoms with Gasteiger partial charge in [-0.25, -0.2) is 4.52 Å². The zero-order valence-electron chi connectivity index (χ0n) is 21.5. The van der Waals surface area contributed by atoms with Crippen molar-refractivity contribution in [2.45, 2.75) is 75.1 Å². The summed E-state index contributed by atoms with van der Waals surface area (Å²) in [7, 11) is 4.27. The number of anilines is 1. The van der Waals surface area contributed by atoms with Crippen molar-refractivity contribution in [3.63, 3.8) is 0 Å². The predicted octanol–water partition coefficient (Wildman–Crippen LogP) is 3.08. The maximum absolute atomic E-state index is 12.4. The van der Waals surface area contributed by atoms with Gasteiger partial charge in [0.25, 0.3) is 5.91 Å². The Hall–Kier alpha value is -3.48. The molecule has 194 valence electrons. The summed E-state index contributed by atoms with van der Waals surface area (Å²) in [5.41, 5.74) is 9.45. The van der Waals surface area contributed by atoms with Gasteiger partial charge in [0.05, 0.1) is 34.6 Å². The number of carbonyl (C=O) groups excluding carboxylic acids is 1. The third-order valence-corrected chi connectivity index (χ3v) is 8.26. The number of carbonyl (C=O) groups is 1. The minimum Gasteiger partial charge on any atom is -0.393 e. The Morgan fingerprint density at radius 3 is 2.54 bits per heavy atom. The summed E-state index contributed by atoms with van der Waals surface area (Å²) in [6.07, 6.45) is 10.6. The van der Waals surface area contributed by atoms with Crippen molar-refractivity contribution in [3.8, 4) is 6.07 Å². The lowest BCUT2D eigenvalue weighted by atomic mass is 9.79. The highest BCUT2D eigenvalue weighted by Crippen LogP contribution is 2.41. The molecule has 2 aliphatic carbocycles. The molecule has 37 heavy (non-hydrogen) atoms. The van der Waals surface area contributed by atoms with Gasteiger partial charge in [-0.3, -0.25) is 9.78 Å². The van der Waals surface area contributed by atoms with Crippen LogP contribution in [0.1, 0.15) is 72.5 Å². The summed E-state index contributed by atoms with van der Waals surface area (Å²) in [5, 5.41) is 24.8. The Morgan fingerprint density at radius 2 is 1.84 bits per heavy atom. The van der Waals surface area contributed by atoms with Crippen LogP contribution in [-0.2, 0) is 0 Å².